The van der Waals surface area contributed by atoms with E-state index in [0.717, 1.165) is 65.0 Å². The number of fused-ring (bicyclic) bond motifs is 1. The van der Waals surface area contributed by atoms with Crippen LogP contribution in [0.25, 0.3) is 16.9 Å². The van der Waals surface area contributed by atoms with Gasteiger partial charge < -0.3 is 14.7 Å². The van der Waals surface area contributed by atoms with Crippen molar-refractivity contribution in [2.45, 2.75) is 52.4 Å². The maximum atomic E-state index is 5.13. The van der Waals surface area contributed by atoms with Crippen LogP contribution in [-0.2, 0) is 0 Å². The molecule has 3 aromatic heterocycles. The van der Waals surface area contributed by atoms with E-state index in [0.29, 0.717) is 5.92 Å². The van der Waals surface area contributed by atoms with E-state index in [1.54, 1.807) is 0 Å². The van der Waals surface area contributed by atoms with Gasteiger partial charge in [-0.15, -0.1) is 0 Å². The maximum absolute atomic E-state index is 5.13. The van der Waals surface area contributed by atoms with Crippen LogP contribution in [0.4, 0.5) is 17.6 Å². The van der Waals surface area contributed by atoms with Gasteiger partial charge in [-0.2, -0.15) is 19.6 Å². The molecule has 0 unspecified atom stereocenters. The van der Waals surface area contributed by atoms with Crippen LogP contribution < -0.4 is 9.80 Å². The smallest absolute Gasteiger partial charge is 0.236 e. The zero-order valence-electron chi connectivity index (χ0n) is 24.4. The summed E-state index contributed by atoms with van der Waals surface area (Å²) in [5.41, 5.74) is 5.17. The van der Waals surface area contributed by atoms with E-state index in [1.165, 1.54) is 45.3 Å². The van der Waals surface area contributed by atoms with E-state index in [4.69, 9.17) is 15.1 Å². The number of pyridine rings is 1. The second kappa shape index (κ2) is 11.5. The minimum absolute atomic E-state index is 0.329. The largest absolute Gasteiger partial charge is 0.341 e. The SMILES string of the molecule is CCN1CCC(C2CCN(c3nc(N(C)c4ccc(-c5ccccn5)cc4)n4ncc(C(C)C)c4n3)CC2)CC1. The van der Waals surface area contributed by atoms with Crippen LogP contribution >= 0.6 is 0 Å². The number of piperidine rings is 2. The molecule has 4 aromatic rings. The second-order valence-electron chi connectivity index (χ2n) is 11.7. The molecule has 2 aliphatic rings. The molecule has 6 rings (SSSR count). The van der Waals surface area contributed by atoms with E-state index in [-0.39, 0.29) is 0 Å². The first-order chi connectivity index (χ1) is 19.5. The summed E-state index contributed by atoms with van der Waals surface area (Å²) in [7, 11) is 2.06. The molecule has 0 saturated carbocycles. The van der Waals surface area contributed by atoms with E-state index in [1.807, 2.05) is 35.1 Å². The van der Waals surface area contributed by atoms with Crippen LogP contribution in [0.15, 0.2) is 54.9 Å². The third-order valence-electron chi connectivity index (χ3n) is 9.07. The summed E-state index contributed by atoms with van der Waals surface area (Å²) >= 11 is 0. The Balaban J connectivity index is 1.26. The van der Waals surface area contributed by atoms with Gasteiger partial charge in [0, 0.05) is 43.1 Å². The Bertz CT molecular complexity index is 1400. The monoisotopic (exact) mass is 538 g/mol. The summed E-state index contributed by atoms with van der Waals surface area (Å²) in [6, 6.07) is 14.5. The molecule has 0 atom stereocenters. The van der Waals surface area contributed by atoms with Crippen molar-refractivity contribution < 1.29 is 0 Å². The van der Waals surface area contributed by atoms with Gasteiger partial charge in [-0.25, -0.2) is 0 Å². The Morgan fingerprint density at radius 1 is 0.900 bits per heavy atom. The van der Waals surface area contributed by atoms with Crippen molar-refractivity contribution in [1.29, 1.82) is 0 Å². The first kappa shape index (κ1) is 26.7. The number of likely N-dealkylation sites (tertiary alicyclic amines) is 1. The molecule has 2 aliphatic heterocycles. The molecule has 2 fully saturated rings. The molecule has 8 heteroatoms. The molecule has 1 aromatic carbocycles. The van der Waals surface area contributed by atoms with Crippen molar-refractivity contribution in [2.24, 2.45) is 11.8 Å². The minimum Gasteiger partial charge on any atom is -0.341 e. The fourth-order valence-corrected chi connectivity index (χ4v) is 6.45. The summed E-state index contributed by atoms with van der Waals surface area (Å²) in [6.07, 6.45) is 8.93. The average Bonchev–Trinajstić information content (AvgIpc) is 3.45. The van der Waals surface area contributed by atoms with Gasteiger partial charge in [-0.05, 0) is 87.3 Å². The summed E-state index contributed by atoms with van der Waals surface area (Å²) < 4.78 is 1.90. The lowest BCUT2D eigenvalue weighted by Crippen LogP contribution is -2.41. The number of hydrogen-bond donors (Lipinski definition) is 0. The van der Waals surface area contributed by atoms with Gasteiger partial charge in [-0.3, -0.25) is 4.98 Å². The van der Waals surface area contributed by atoms with E-state index in [2.05, 4.69) is 71.8 Å². The molecule has 40 heavy (non-hydrogen) atoms. The minimum atomic E-state index is 0.329. The van der Waals surface area contributed by atoms with Gasteiger partial charge in [-0.1, -0.05) is 39.0 Å². The van der Waals surface area contributed by atoms with Gasteiger partial charge in [0.15, 0.2) is 5.65 Å². The molecule has 5 heterocycles. The highest BCUT2D eigenvalue weighted by molar-refractivity contribution is 5.67. The third-order valence-corrected chi connectivity index (χ3v) is 9.07. The summed E-state index contributed by atoms with van der Waals surface area (Å²) in [5.74, 6) is 3.62. The normalized spacial score (nSPS) is 17.7. The first-order valence-corrected chi connectivity index (χ1v) is 15.0. The summed E-state index contributed by atoms with van der Waals surface area (Å²) in [4.78, 5) is 21.8. The van der Waals surface area contributed by atoms with Crippen molar-refractivity contribution in [3.8, 4) is 11.3 Å². The van der Waals surface area contributed by atoms with Crippen LogP contribution in [0.1, 0.15) is 57.9 Å². The third kappa shape index (κ3) is 5.29. The van der Waals surface area contributed by atoms with Gasteiger partial charge in [0.25, 0.3) is 0 Å². The number of hydrogen-bond acceptors (Lipinski definition) is 7. The highest BCUT2D eigenvalue weighted by Gasteiger charge is 2.31. The maximum Gasteiger partial charge on any atom is 0.236 e. The van der Waals surface area contributed by atoms with E-state index in [9.17, 15) is 0 Å². The molecule has 0 radical (unpaired) electrons. The predicted octanol–water partition coefficient (Wildman–Crippen LogP) is 6.03. The lowest BCUT2D eigenvalue weighted by molar-refractivity contribution is 0.138. The zero-order valence-corrected chi connectivity index (χ0v) is 24.4. The van der Waals surface area contributed by atoms with Crippen molar-refractivity contribution in [1.82, 2.24) is 29.5 Å². The average molecular weight is 539 g/mol. The Morgan fingerprint density at radius 3 is 2.23 bits per heavy atom. The van der Waals surface area contributed by atoms with Crippen LogP contribution in [0, 0.1) is 11.8 Å². The molecule has 2 saturated heterocycles. The van der Waals surface area contributed by atoms with E-state index >= 15 is 0 Å². The number of anilines is 3. The Hall–Kier alpha value is -3.52. The zero-order chi connectivity index (χ0) is 27.6. The first-order valence-electron chi connectivity index (χ1n) is 15.0. The molecule has 0 amide bonds. The summed E-state index contributed by atoms with van der Waals surface area (Å²) in [5, 5.41) is 4.74. The second-order valence-corrected chi connectivity index (χ2v) is 11.7. The van der Waals surface area contributed by atoms with Crippen LogP contribution in [-0.4, -0.2) is 69.2 Å². The standard InChI is InChI=1S/C32H42N8/c1-5-38-18-13-24(14-19-38)25-15-20-39(21-16-25)31-35-30-28(23(2)3)22-34-40(30)32(36-31)37(4)27-11-9-26(10-12-27)29-8-6-7-17-33-29/h6-12,17,22-25H,5,13-16,18-21H2,1-4H3. The van der Waals surface area contributed by atoms with E-state index < -0.39 is 0 Å². The predicted molar refractivity (Wildman–Crippen MR) is 162 cm³/mol. The van der Waals surface area contributed by atoms with Crippen molar-refractivity contribution in [3.63, 3.8) is 0 Å². The Morgan fingerprint density at radius 2 is 1.60 bits per heavy atom. The van der Waals surface area contributed by atoms with Gasteiger partial charge in [0.1, 0.15) is 0 Å². The van der Waals surface area contributed by atoms with Crippen molar-refractivity contribution in [3.05, 3.63) is 60.4 Å². The topological polar surface area (TPSA) is 65.7 Å². The van der Waals surface area contributed by atoms with Crippen LogP contribution in [0.2, 0.25) is 0 Å². The molecule has 0 N–H and O–H groups in total. The number of aromatic nitrogens is 5. The van der Waals surface area contributed by atoms with Crippen molar-refractivity contribution >= 4 is 23.2 Å². The summed E-state index contributed by atoms with van der Waals surface area (Å²) in [6.45, 7) is 12.4. The van der Waals surface area contributed by atoms with Gasteiger partial charge >= 0.3 is 0 Å². The van der Waals surface area contributed by atoms with Gasteiger partial charge in [0.2, 0.25) is 11.9 Å². The molecule has 0 bridgehead atoms. The quantitative estimate of drug-likeness (QED) is 0.285. The fraction of sp³-hybridized carbons (Fsp3) is 0.500. The number of rotatable bonds is 7. The van der Waals surface area contributed by atoms with Gasteiger partial charge in [0.05, 0.1) is 11.9 Å². The lowest BCUT2D eigenvalue weighted by atomic mass is 9.79. The Labute approximate surface area is 238 Å². The van der Waals surface area contributed by atoms with Crippen LogP contribution in [0.3, 0.4) is 0 Å². The Kier molecular flexibility index (Phi) is 7.69. The molecule has 0 spiro atoms. The fourth-order valence-electron chi connectivity index (χ4n) is 6.45. The lowest BCUT2D eigenvalue weighted by Gasteiger charge is -2.40. The molecular weight excluding hydrogens is 496 g/mol. The molecule has 8 nitrogen and oxygen atoms in total. The number of nitrogens with zero attached hydrogens (tertiary/aromatic N) is 8. The molecule has 210 valence electrons. The molecular formula is C32H42N8. The highest BCUT2D eigenvalue weighted by atomic mass is 15.4. The number of benzene rings is 1. The van der Waals surface area contributed by atoms with Crippen molar-refractivity contribution in [2.75, 3.05) is 49.6 Å². The molecule has 0 aliphatic carbocycles. The highest BCUT2D eigenvalue weighted by Crippen LogP contribution is 2.35. The van der Waals surface area contributed by atoms with Crippen LogP contribution in [0.5, 0.6) is 0 Å².